The molecule has 0 spiro atoms. The highest BCUT2D eigenvalue weighted by molar-refractivity contribution is 5.91. The number of carbonyl (C=O) groups excluding carboxylic acids is 1. The van der Waals surface area contributed by atoms with Crippen molar-refractivity contribution in [2.45, 2.75) is 51.1 Å². The zero-order valence-corrected chi connectivity index (χ0v) is 17.6. The molecule has 0 aromatic heterocycles. The van der Waals surface area contributed by atoms with E-state index < -0.39 is 5.66 Å². The molecule has 1 N–H and O–H groups in total. The van der Waals surface area contributed by atoms with Crippen molar-refractivity contribution in [3.05, 3.63) is 65.7 Å². The molecule has 0 saturated carbocycles. The van der Waals surface area contributed by atoms with Crippen LogP contribution in [0.15, 0.2) is 54.6 Å². The van der Waals surface area contributed by atoms with Gasteiger partial charge in [0.05, 0.1) is 13.2 Å². The van der Waals surface area contributed by atoms with Crippen LogP contribution in [0.25, 0.3) is 6.08 Å². The molecule has 1 fully saturated rings. The molecule has 2 aliphatic rings. The third-order valence-electron chi connectivity index (χ3n) is 6.27. The number of amides is 1. The lowest BCUT2D eigenvalue weighted by molar-refractivity contribution is -0.118. The number of rotatable bonds is 7. The Labute approximate surface area is 173 Å². The second-order valence-corrected chi connectivity index (χ2v) is 8.50. The van der Waals surface area contributed by atoms with Crippen LogP contribution in [0.5, 0.6) is 5.75 Å². The molecule has 0 bridgehead atoms. The first kappa shape index (κ1) is 19.6. The summed E-state index contributed by atoms with van der Waals surface area (Å²) in [5, 5.41) is 3.27. The van der Waals surface area contributed by atoms with E-state index in [2.05, 4.69) is 73.5 Å². The minimum absolute atomic E-state index is 0.0604. The number of unbranched alkanes of at least 4 members (excludes halogenated alkanes) is 2. The van der Waals surface area contributed by atoms with E-state index >= 15 is 0 Å². The predicted octanol–water partition coefficient (Wildman–Crippen LogP) is 4.89. The fourth-order valence-electron chi connectivity index (χ4n) is 4.61. The maximum absolute atomic E-state index is 12.4. The number of nitrogens with zero attached hydrogens (tertiary/aromatic N) is 1. The maximum Gasteiger partial charge on any atom is 0.241 e. The zero-order chi connectivity index (χ0) is 20.5. The third kappa shape index (κ3) is 3.31. The Kier molecular flexibility index (Phi) is 5.12. The van der Waals surface area contributed by atoms with E-state index in [1.165, 1.54) is 18.4 Å². The fourth-order valence-corrected chi connectivity index (χ4v) is 4.61. The predicted molar refractivity (Wildman–Crippen MR) is 118 cm³/mol. The number of para-hydroxylation sites is 1. The molecule has 0 aliphatic carbocycles. The number of hydrogen-bond acceptors (Lipinski definition) is 3. The van der Waals surface area contributed by atoms with Gasteiger partial charge in [0.1, 0.15) is 11.4 Å². The van der Waals surface area contributed by atoms with Crippen molar-refractivity contribution in [2.75, 3.05) is 18.1 Å². The number of carbonyl (C=O) groups is 1. The average Bonchev–Trinajstić information content (AvgIpc) is 3.15. The summed E-state index contributed by atoms with van der Waals surface area (Å²) in [6.45, 7) is 7.73. The quantitative estimate of drug-likeness (QED) is 0.684. The molecular formula is C25H30N2O2. The van der Waals surface area contributed by atoms with E-state index in [1.807, 2.05) is 18.2 Å². The van der Waals surface area contributed by atoms with Crippen LogP contribution in [0.2, 0.25) is 0 Å². The van der Waals surface area contributed by atoms with E-state index in [9.17, 15) is 4.79 Å². The van der Waals surface area contributed by atoms with E-state index in [4.69, 9.17) is 4.74 Å². The molecule has 0 unspecified atom stereocenters. The monoisotopic (exact) mass is 390 g/mol. The van der Waals surface area contributed by atoms with Crippen molar-refractivity contribution < 1.29 is 9.53 Å². The second kappa shape index (κ2) is 7.58. The van der Waals surface area contributed by atoms with E-state index in [1.54, 1.807) is 0 Å². The lowest BCUT2D eigenvalue weighted by Crippen LogP contribution is -2.58. The summed E-state index contributed by atoms with van der Waals surface area (Å²) in [4.78, 5) is 14.6. The highest BCUT2D eigenvalue weighted by Gasteiger charge is 2.59. The smallest absolute Gasteiger partial charge is 0.241 e. The number of benzene rings is 2. The van der Waals surface area contributed by atoms with Crippen LogP contribution < -0.4 is 15.0 Å². The Morgan fingerprint density at radius 3 is 2.79 bits per heavy atom. The molecule has 2 heterocycles. The summed E-state index contributed by atoms with van der Waals surface area (Å²) in [7, 11) is 0. The Bertz CT molecular complexity index is 934. The topological polar surface area (TPSA) is 41.6 Å². The van der Waals surface area contributed by atoms with E-state index in [-0.39, 0.29) is 11.3 Å². The summed E-state index contributed by atoms with van der Waals surface area (Å²) in [6, 6.07) is 16.5. The minimum Gasteiger partial charge on any atom is -0.494 e. The number of ether oxygens (including phenoxy) is 1. The molecule has 152 valence electrons. The molecular weight excluding hydrogens is 360 g/mol. The molecule has 2 aliphatic heterocycles. The van der Waals surface area contributed by atoms with Crippen molar-refractivity contribution >= 4 is 17.7 Å². The van der Waals surface area contributed by atoms with Gasteiger partial charge in [0.25, 0.3) is 0 Å². The van der Waals surface area contributed by atoms with Gasteiger partial charge in [-0.15, -0.1) is 0 Å². The zero-order valence-electron chi connectivity index (χ0n) is 17.6. The first-order valence-corrected chi connectivity index (χ1v) is 10.6. The van der Waals surface area contributed by atoms with Gasteiger partial charge in [-0.25, -0.2) is 0 Å². The van der Waals surface area contributed by atoms with Crippen LogP contribution in [-0.2, 0) is 10.2 Å². The molecule has 0 radical (unpaired) electrons. The van der Waals surface area contributed by atoms with Crippen LogP contribution in [0.1, 0.15) is 51.2 Å². The first-order chi connectivity index (χ1) is 14.0. The average molecular weight is 391 g/mol. The highest BCUT2D eigenvalue weighted by atomic mass is 16.5. The van der Waals surface area contributed by atoms with Crippen molar-refractivity contribution in [3.63, 3.8) is 0 Å². The van der Waals surface area contributed by atoms with Gasteiger partial charge in [0.15, 0.2) is 0 Å². The largest absolute Gasteiger partial charge is 0.494 e. The molecule has 2 aromatic rings. The van der Waals surface area contributed by atoms with Crippen molar-refractivity contribution in [1.29, 1.82) is 0 Å². The Balaban J connectivity index is 1.61. The normalized spacial score (nSPS) is 21.9. The number of hydrogen-bond donors (Lipinski definition) is 1. The van der Waals surface area contributed by atoms with Crippen LogP contribution in [0.3, 0.4) is 0 Å². The van der Waals surface area contributed by atoms with Crippen molar-refractivity contribution in [1.82, 2.24) is 5.32 Å². The third-order valence-corrected chi connectivity index (χ3v) is 6.27. The fraction of sp³-hybridized carbons (Fsp3) is 0.400. The van der Waals surface area contributed by atoms with Crippen molar-refractivity contribution in [3.8, 4) is 5.75 Å². The first-order valence-electron chi connectivity index (χ1n) is 10.6. The number of anilines is 1. The molecule has 1 atom stereocenters. The molecule has 29 heavy (non-hydrogen) atoms. The van der Waals surface area contributed by atoms with Gasteiger partial charge in [0, 0.05) is 11.1 Å². The molecule has 1 amide bonds. The van der Waals surface area contributed by atoms with Crippen LogP contribution >= 0.6 is 0 Å². The van der Waals surface area contributed by atoms with Crippen LogP contribution in [0.4, 0.5) is 5.69 Å². The number of fused-ring (bicyclic) bond motifs is 3. The molecule has 4 rings (SSSR count). The standard InChI is InChI=1S/C25H30N2O2/c1-4-5-8-16-29-20-11-9-10-19(17-20)14-15-25-24(2,3)21-12-6-7-13-22(21)27(25)18-23(28)26-25/h6-7,9-15,17H,4-5,8,16,18H2,1-3H3,(H,26,28)/b15-14+/t25-/m1/s1. The molecule has 1 saturated heterocycles. The molecule has 2 aromatic carbocycles. The van der Waals surface area contributed by atoms with Crippen LogP contribution in [0, 0.1) is 0 Å². The SMILES string of the molecule is CCCCCOc1cccc(/C=C/[C@@]23NC(=O)CN2c2ccccc2C3(C)C)c1. The summed E-state index contributed by atoms with van der Waals surface area (Å²) in [6.07, 6.45) is 7.70. The van der Waals surface area contributed by atoms with Crippen molar-refractivity contribution in [2.24, 2.45) is 0 Å². The maximum atomic E-state index is 12.4. The second-order valence-electron chi connectivity index (χ2n) is 8.50. The van der Waals surface area contributed by atoms with Gasteiger partial charge < -0.3 is 15.0 Å². The lowest BCUT2D eigenvalue weighted by Gasteiger charge is -2.40. The summed E-state index contributed by atoms with van der Waals surface area (Å²) in [5.74, 6) is 0.951. The Morgan fingerprint density at radius 2 is 1.97 bits per heavy atom. The summed E-state index contributed by atoms with van der Waals surface area (Å²) in [5.41, 5.74) is 2.65. The Morgan fingerprint density at radius 1 is 1.14 bits per heavy atom. The summed E-state index contributed by atoms with van der Waals surface area (Å²) < 4.78 is 5.90. The van der Waals surface area contributed by atoms with E-state index in [0.717, 1.165) is 30.0 Å². The molecule has 4 nitrogen and oxygen atoms in total. The van der Waals surface area contributed by atoms with Crippen LogP contribution in [-0.4, -0.2) is 24.7 Å². The van der Waals surface area contributed by atoms with Gasteiger partial charge >= 0.3 is 0 Å². The van der Waals surface area contributed by atoms with Gasteiger partial charge in [-0.2, -0.15) is 0 Å². The van der Waals surface area contributed by atoms with Gasteiger partial charge in [-0.1, -0.05) is 70.0 Å². The summed E-state index contributed by atoms with van der Waals surface area (Å²) >= 11 is 0. The molecule has 4 heteroatoms. The van der Waals surface area contributed by atoms with Gasteiger partial charge in [-0.05, 0) is 41.8 Å². The Hall–Kier alpha value is -2.75. The highest BCUT2D eigenvalue weighted by Crippen LogP contribution is 2.52. The van der Waals surface area contributed by atoms with E-state index in [0.29, 0.717) is 6.54 Å². The van der Waals surface area contributed by atoms with Gasteiger partial charge in [0.2, 0.25) is 5.91 Å². The minimum atomic E-state index is -0.564. The lowest BCUT2D eigenvalue weighted by atomic mass is 9.75. The number of nitrogens with one attached hydrogen (secondary N) is 1. The van der Waals surface area contributed by atoms with Gasteiger partial charge in [-0.3, -0.25) is 4.79 Å².